The molecule has 0 aliphatic carbocycles. The summed E-state index contributed by atoms with van der Waals surface area (Å²) in [5.74, 6) is -0.912. The number of hydrogen-bond acceptors (Lipinski definition) is 4. The lowest BCUT2D eigenvalue weighted by Crippen LogP contribution is -2.38. The van der Waals surface area contributed by atoms with Crippen LogP contribution < -0.4 is 10.0 Å². The molecule has 3 aromatic heterocycles. The zero-order chi connectivity index (χ0) is 25.3. The van der Waals surface area contributed by atoms with E-state index in [1.54, 1.807) is 24.3 Å². The normalized spacial score (nSPS) is 12.4. The van der Waals surface area contributed by atoms with Gasteiger partial charge in [0.25, 0.3) is 11.6 Å². The number of carbonyl (C=O) groups excluding carboxylic acids is 1. The van der Waals surface area contributed by atoms with Crippen molar-refractivity contribution in [2.24, 2.45) is 0 Å². The smallest absolute Gasteiger partial charge is 0.478 e. The van der Waals surface area contributed by atoms with E-state index in [-0.39, 0.29) is 27.4 Å². The molecule has 0 bridgehead atoms. The first-order valence-electron chi connectivity index (χ1n) is 10.1. The maximum atomic E-state index is 13.3. The molecule has 0 spiro atoms. The van der Waals surface area contributed by atoms with Crippen LogP contribution in [0, 0.1) is 11.0 Å². The number of halogens is 5. The SMILES string of the molecule is C[C@@H](NC(=O)c1cn(-c2ccc(F)cn2)nc1-c1cccc(Cl)c1)c1ccc(C(F)(F)F)[n+]([O-])c1. The third kappa shape index (κ3) is 5.24. The van der Waals surface area contributed by atoms with Crippen molar-refractivity contribution in [3.63, 3.8) is 0 Å². The van der Waals surface area contributed by atoms with Crippen LogP contribution in [0.25, 0.3) is 17.1 Å². The quantitative estimate of drug-likeness (QED) is 0.238. The van der Waals surface area contributed by atoms with Gasteiger partial charge in [-0.2, -0.15) is 23.0 Å². The lowest BCUT2D eigenvalue weighted by Gasteiger charge is -2.15. The van der Waals surface area contributed by atoms with Crippen LogP contribution in [0.4, 0.5) is 17.6 Å². The van der Waals surface area contributed by atoms with Crippen molar-refractivity contribution in [3.8, 4) is 17.1 Å². The monoisotopic (exact) mass is 505 g/mol. The first-order valence-corrected chi connectivity index (χ1v) is 10.5. The minimum atomic E-state index is -4.80. The molecule has 1 aromatic carbocycles. The molecule has 4 aromatic rings. The van der Waals surface area contributed by atoms with Crippen molar-refractivity contribution in [2.75, 3.05) is 0 Å². The van der Waals surface area contributed by atoms with Crippen molar-refractivity contribution < 1.29 is 27.1 Å². The number of aromatic nitrogens is 4. The molecular formula is C23H16ClF4N5O2. The van der Waals surface area contributed by atoms with Gasteiger partial charge in [0.15, 0.2) is 12.0 Å². The summed E-state index contributed by atoms with van der Waals surface area (Å²) < 4.78 is 52.9. The van der Waals surface area contributed by atoms with E-state index in [0.29, 0.717) is 16.7 Å². The highest BCUT2D eigenvalue weighted by atomic mass is 35.5. The molecular weight excluding hydrogens is 490 g/mol. The van der Waals surface area contributed by atoms with Gasteiger partial charge < -0.3 is 10.5 Å². The summed E-state index contributed by atoms with van der Waals surface area (Å²) in [5.41, 5.74) is -0.334. The standard InChI is InChI=1S/C23H16ClF4N5O2/c1-13(15-5-7-19(23(26,27)28)33(35)11-15)30-22(34)18-12-32(20-8-6-17(25)10-29-20)31-21(18)14-3-2-4-16(24)9-14/h2-13H,1H3,(H,30,34)/t13-/m1/s1. The number of nitrogens with one attached hydrogen (secondary N) is 1. The van der Waals surface area contributed by atoms with Crippen LogP contribution in [0.2, 0.25) is 5.02 Å². The van der Waals surface area contributed by atoms with Gasteiger partial charge in [0, 0.05) is 28.4 Å². The van der Waals surface area contributed by atoms with Gasteiger partial charge in [-0.1, -0.05) is 23.7 Å². The average molecular weight is 506 g/mol. The first-order chi connectivity index (χ1) is 16.5. The Morgan fingerprint density at radius 3 is 2.60 bits per heavy atom. The van der Waals surface area contributed by atoms with E-state index in [1.807, 2.05) is 0 Å². The highest BCUT2D eigenvalue weighted by Gasteiger charge is 2.39. The van der Waals surface area contributed by atoms with Gasteiger partial charge in [0.05, 0.1) is 17.8 Å². The molecule has 12 heteroatoms. The zero-order valence-electron chi connectivity index (χ0n) is 17.9. The Morgan fingerprint density at radius 2 is 1.97 bits per heavy atom. The molecule has 0 aliphatic rings. The molecule has 0 aliphatic heterocycles. The summed E-state index contributed by atoms with van der Waals surface area (Å²) in [6, 6.07) is 10.1. The first kappa shape index (κ1) is 24.1. The highest BCUT2D eigenvalue weighted by Crippen LogP contribution is 2.28. The summed E-state index contributed by atoms with van der Waals surface area (Å²) in [6.07, 6.45) is -1.65. The van der Waals surface area contributed by atoms with Crippen LogP contribution in [-0.2, 0) is 6.18 Å². The summed E-state index contributed by atoms with van der Waals surface area (Å²) in [6.45, 7) is 1.52. The lowest BCUT2D eigenvalue weighted by atomic mass is 10.1. The van der Waals surface area contributed by atoms with Crippen LogP contribution in [0.3, 0.4) is 0 Å². The van der Waals surface area contributed by atoms with Crippen LogP contribution in [-0.4, -0.2) is 20.7 Å². The van der Waals surface area contributed by atoms with Gasteiger partial charge in [-0.3, -0.25) is 4.79 Å². The second-order valence-corrected chi connectivity index (χ2v) is 7.98. The molecule has 4 rings (SSSR count). The maximum Gasteiger partial charge on any atom is 0.478 e. The molecule has 0 unspecified atom stereocenters. The van der Waals surface area contributed by atoms with Gasteiger partial charge in [0.2, 0.25) is 0 Å². The number of carbonyl (C=O) groups is 1. The summed E-state index contributed by atoms with van der Waals surface area (Å²) in [5, 5.41) is 19.3. The average Bonchev–Trinajstić information content (AvgIpc) is 3.24. The molecule has 180 valence electrons. The van der Waals surface area contributed by atoms with E-state index in [2.05, 4.69) is 15.4 Å². The molecule has 1 amide bonds. The lowest BCUT2D eigenvalue weighted by molar-refractivity contribution is -0.629. The summed E-state index contributed by atoms with van der Waals surface area (Å²) in [7, 11) is 0. The Labute approximate surface area is 201 Å². The maximum absolute atomic E-state index is 13.3. The van der Waals surface area contributed by atoms with Crippen molar-refractivity contribution >= 4 is 17.5 Å². The number of hydrogen-bond donors (Lipinski definition) is 1. The van der Waals surface area contributed by atoms with Gasteiger partial charge in [-0.15, -0.1) is 0 Å². The van der Waals surface area contributed by atoms with Gasteiger partial charge in [-0.05, 0) is 37.3 Å². The molecule has 35 heavy (non-hydrogen) atoms. The third-order valence-corrected chi connectivity index (χ3v) is 5.31. The molecule has 3 heterocycles. The topological polar surface area (TPSA) is 86.8 Å². The Morgan fingerprint density at radius 1 is 1.20 bits per heavy atom. The van der Waals surface area contributed by atoms with E-state index >= 15 is 0 Å². The Hall–Kier alpha value is -3.99. The fraction of sp³-hybridized carbons (Fsp3) is 0.130. The fourth-order valence-corrected chi connectivity index (χ4v) is 3.53. The summed E-state index contributed by atoms with van der Waals surface area (Å²) in [4.78, 5) is 17.1. The predicted molar refractivity (Wildman–Crippen MR) is 118 cm³/mol. The Bertz CT molecular complexity index is 1390. The molecule has 0 saturated heterocycles. The number of alkyl halides is 3. The number of nitrogens with zero attached hydrogens (tertiary/aromatic N) is 4. The van der Waals surface area contributed by atoms with Crippen molar-refractivity contribution in [2.45, 2.75) is 19.1 Å². The third-order valence-electron chi connectivity index (χ3n) is 5.08. The van der Waals surface area contributed by atoms with Crippen molar-refractivity contribution in [1.82, 2.24) is 20.1 Å². The number of benzene rings is 1. The Kier molecular flexibility index (Phi) is 6.44. The number of amides is 1. The van der Waals surface area contributed by atoms with Gasteiger partial charge in [-0.25, -0.2) is 14.1 Å². The van der Waals surface area contributed by atoms with E-state index < -0.39 is 29.6 Å². The summed E-state index contributed by atoms with van der Waals surface area (Å²) >= 11 is 6.09. The highest BCUT2D eigenvalue weighted by molar-refractivity contribution is 6.30. The van der Waals surface area contributed by atoms with E-state index in [9.17, 15) is 27.6 Å². The van der Waals surface area contributed by atoms with E-state index in [4.69, 9.17) is 11.6 Å². The largest absolute Gasteiger partial charge is 0.618 e. The molecule has 7 nitrogen and oxygen atoms in total. The van der Waals surface area contributed by atoms with E-state index in [0.717, 1.165) is 18.5 Å². The second kappa shape index (κ2) is 9.34. The predicted octanol–water partition coefficient (Wildman–Crippen LogP) is 4.87. The van der Waals surface area contributed by atoms with Crippen molar-refractivity contribution in [3.05, 3.63) is 100.0 Å². The minimum absolute atomic E-state index is 0.104. The Balaban J connectivity index is 1.68. The number of pyridine rings is 2. The van der Waals surface area contributed by atoms with E-state index in [1.165, 1.54) is 29.9 Å². The fourth-order valence-electron chi connectivity index (χ4n) is 3.34. The van der Waals surface area contributed by atoms with Gasteiger partial charge in [0.1, 0.15) is 11.5 Å². The van der Waals surface area contributed by atoms with Gasteiger partial charge >= 0.3 is 6.18 Å². The molecule has 0 saturated carbocycles. The van der Waals surface area contributed by atoms with Crippen LogP contribution in [0.1, 0.15) is 34.6 Å². The zero-order valence-corrected chi connectivity index (χ0v) is 18.7. The molecule has 0 radical (unpaired) electrons. The number of rotatable bonds is 5. The van der Waals surface area contributed by atoms with Crippen LogP contribution in [0.15, 0.2) is 67.1 Å². The molecule has 1 N–H and O–H groups in total. The molecule has 1 atom stereocenters. The minimum Gasteiger partial charge on any atom is -0.618 e. The van der Waals surface area contributed by atoms with Crippen LogP contribution >= 0.6 is 11.6 Å². The second-order valence-electron chi connectivity index (χ2n) is 7.55. The molecule has 0 fully saturated rings. The van der Waals surface area contributed by atoms with Crippen LogP contribution in [0.5, 0.6) is 0 Å². The van der Waals surface area contributed by atoms with Crippen molar-refractivity contribution in [1.29, 1.82) is 0 Å².